The molecule has 1 aromatic carbocycles. The van der Waals surface area contributed by atoms with Gasteiger partial charge in [-0.25, -0.2) is 4.39 Å². The Morgan fingerprint density at radius 2 is 2.13 bits per heavy atom. The van der Waals surface area contributed by atoms with Crippen LogP contribution in [0.5, 0.6) is 0 Å². The zero-order valence-corrected chi connectivity index (χ0v) is 10.4. The van der Waals surface area contributed by atoms with Gasteiger partial charge in [-0.1, -0.05) is 15.9 Å². The van der Waals surface area contributed by atoms with Gasteiger partial charge in [0.15, 0.2) is 0 Å². The molecule has 84 valence electrons. The first-order chi connectivity index (χ1) is 7.11. The average molecular weight is 277 g/mol. The van der Waals surface area contributed by atoms with Crippen LogP contribution in [-0.4, -0.2) is 19.8 Å². The second-order valence-corrected chi connectivity index (χ2v) is 4.27. The summed E-state index contributed by atoms with van der Waals surface area (Å²) in [4.78, 5) is 0. The Kier molecular flexibility index (Phi) is 5.22. The van der Waals surface area contributed by atoms with E-state index in [2.05, 4.69) is 15.9 Å². The molecule has 0 aliphatic carbocycles. The predicted octanol–water partition coefficient (Wildman–Crippen LogP) is 3.14. The van der Waals surface area contributed by atoms with Crippen molar-refractivity contribution >= 4 is 15.9 Å². The maximum absolute atomic E-state index is 13.0. The Bertz CT molecular complexity index is 297. The topological polar surface area (TPSA) is 18.5 Å². The molecule has 2 nitrogen and oxygen atoms in total. The normalized spacial score (nSPS) is 12.8. The van der Waals surface area contributed by atoms with E-state index in [1.807, 2.05) is 13.0 Å². The highest BCUT2D eigenvalue weighted by molar-refractivity contribution is 9.10. The van der Waals surface area contributed by atoms with Crippen LogP contribution in [0.2, 0.25) is 0 Å². The van der Waals surface area contributed by atoms with Crippen LogP contribution >= 0.6 is 15.9 Å². The van der Waals surface area contributed by atoms with Gasteiger partial charge in [-0.3, -0.25) is 0 Å². The van der Waals surface area contributed by atoms with E-state index in [1.54, 1.807) is 7.11 Å². The van der Waals surface area contributed by atoms with Gasteiger partial charge in [0.1, 0.15) is 5.82 Å². The van der Waals surface area contributed by atoms with Gasteiger partial charge in [-0.2, -0.15) is 0 Å². The number of hydrogen-bond donors (Lipinski definition) is 0. The Morgan fingerprint density at radius 3 is 2.73 bits per heavy atom. The first kappa shape index (κ1) is 12.6. The first-order valence-electron chi connectivity index (χ1n) is 4.67. The van der Waals surface area contributed by atoms with E-state index in [-0.39, 0.29) is 11.9 Å². The van der Waals surface area contributed by atoms with Crippen molar-refractivity contribution in [3.63, 3.8) is 0 Å². The van der Waals surface area contributed by atoms with E-state index in [1.165, 1.54) is 12.1 Å². The molecule has 4 heteroatoms. The van der Waals surface area contributed by atoms with Crippen LogP contribution in [0.4, 0.5) is 4.39 Å². The quantitative estimate of drug-likeness (QED) is 0.823. The Labute approximate surface area is 97.5 Å². The lowest BCUT2D eigenvalue weighted by molar-refractivity contribution is -0.000219. The molecule has 0 aromatic heterocycles. The van der Waals surface area contributed by atoms with Crippen LogP contribution in [0.1, 0.15) is 12.5 Å². The van der Waals surface area contributed by atoms with E-state index in [4.69, 9.17) is 9.47 Å². The monoisotopic (exact) mass is 276 g/mol. The van der Waals surface area contributed by atoms with E-state index in [9.17, 15) is 4.39 Å². The summed E-state index contributed by atoms with van der Waals surface area (Å²) in [7, 11) is 1.62. The Hall–Kier alpha value is -0.450. The summed E-state index contributed by atoms with van der Waals surface area (Å²) in [6.07, 6.45) is 0.0112. The van der Waals surface area contributed by atoms with E-state index < -0.39 is 0 Å². The minimum atomic E-state index is -0.262. The van der Waals surface area contributed by atoms with Crippen molar-refractivity contribution in [2.45, 2.75) is 19.6 Å². The van der Waals surface area contributed by atoms with E-state index in [0.29, 0.717) is 13.2 Å². The molecule has 1 aromatic rings. The van der Waals surface area contributed by atoms with Gasteiger partial charge in [-0.15, -0.1) is 0 Å². The smallest absolute Gasteiger partial charge is 0.124 e. The molecule has 0 radical (unpaired) electrons. The van der Waals surface area contributed by atoms with Crippen LogP contribution in [0.15, 0.2) is 22.7 Å². The summed E-state index contributed by atoms with van der Waals surface area (Å²) in [5, 5.41) is 0. The fourth-order valence-corrected chi connectivity index (χ4v) is 1.73. The van der Waals surface area contributed by atoms with Gasteiger partial charge in [0.2, 0.25) is 0 Å². The van der Waals surface area contributed by atoms with Gasteiger partial charge in [-0.05, 0) is 30.7 Å². The number of benzene rings is 1. The SMILES string of the molecule is COCC(C)OCc1cc(F)cc(Br)c1. The van der Waals surface area contributed by atoms with Crippen molar-refractivity contribution in [1.82, 2.24) is 0 Å². The molecule has 1 unspecified atom stereocenters. The Balaban J connectivity index is 2.50. The third-order valence-electron chi connectivity index (χ3n) is 1.86. The number of halogens is 2. The molecular formula is C11H14BrFO2. The molecule has 1 atom stereocenters. The first-order valence-corrected chi connectivity index (χ1v) is 5.46. The van der Waals surface area contributed by atoms with E-state index >= 15 is 0 Å². The molecule has 0 saturated heterocycles. The lowest BCUT2D eigenvalue weighted by Crippen LogP contribution is -2.14. The van der Waals surface area contributed by atoms with Crippen LogP contribution in [0.25, 0.3) is 0 Å². The zero-order chi connectivity index (χ0) is 11.3. The zero-order valence-electron chi connectivity index (χ0n) is 8.80. The second kappa shape index (κ2) is 6.20. The third kappa shape index (κ3) is 4.73. The van der Waals surface area contributed by atoms with Crippen molar-refractivity contribution in [3.8, 4) is 0 Å². The highest BCUT2D eigenvalue weighted by Crippen LogP contribution is 2.15. The van der Waals surface area contributed by atoms with Crippen molar-refractivity contribution in [2.75, 3.05) is 13.7 Å². The van der Waals surface area contributed by atoms with Gasteiger partial charge in [0.25, 0.3) is 0 Å². The van der Waals surface area contributed by atoms with Gasteiger partial charge >= 0.3 is 0 Å². The standard InChI is InChI=1S/C11H14BrFO2/c1-8(6-14-2)15-7-9-3-10(12)5-11(13)4-9/h3-5,8H,6-7H2,1-2H3. The summed E-state index contributed by atoms with van der Waals surface area (Å²) in [5.41, 5.74) is 0.810. The highest BCUT2D eigenvalue weighted by Gasteiger charge is 2.03. The molecular weight excluding hydrogens is 263 g/mol. The largest absolute Gasteiger partial charge is 0.382 e. The van der Waals surface area contributed by atoms with Gasteiger partial charge < -0.3 is 9.47 Å². The molecule has 15 heavy (non-hydrogen) atoms. The van der Waals surface area contributed by atoms with Crippen LogP contribution in [-0.2, 0) is 16.1 Å². The minimum Gasteiger partial charge on any atom is -0.382 e. The van der Waals surface area contributed by atoms with Crippen molar-refractivity contribution in [2.24, 2.45) is 0 Å². The number of methoxy groups -OCH3 is 1. The lowest BCUT2D eigenvalue weighted by atomic mass is 10.2. The van der Waals surface area contributed by atoms with Gasteiger partial charge in [0.05, 0.1) is 19.3 Å². The fraction of sp³-hybridized carbons (Fsp3) is 0.455. The summed E-state index contributed by atoms with van der Waals surface area (Å²) < 4.78 is 24.1. The predicted molar refractivity (Wildman–Crippen MR) is 60.2 cm³/mol. The van der Waals surface area contributed by atoms with Crippen molar-refractivity contribution in [3.05, 3.63) is 34.1 Å². The maximum Gasteiger partial charge on any atom is 0.124 e. The number of rotatable bonds is 5. The maximum atomic E-state index is 13.0. The molecule has 1 rings (SSSR count). The second-order valence-electron chi connectivity index (χ2n) is 3.35. The number of ether oxygens (including phenoxy) is 2. The lowest BCUT2D eigenvalue weighted by Gasteiger charge is -2.12. The van der Waals surface area contributed by atoms with E-state index in [0.717, 1.165) is 10.0 Å². The van der Waals surface area contributed by atoms with Crippen LogP contribution in [0, 0.1) is 5.82 Å². The van der Waals surface area contributed by atoms with Crippen molar-refractivity contribution < 1.29 is 13.9 Å². The molecule has 0 heterocycles. The van der Waals surface area contributed by atoms with Crippen LogP contribution in [0.3, 0.4) is 0 Å². The molecule has 0 spiro atoms. The number of hydrogen-bond acceptors (Lipinski definition) is 2. The molecule has 0 saturated carbocycles. The molecule has 0 fully saturated rings. The molecule has 0 aliphatic heterocycles. The summed E-state index contributed by atoms with van der Waals surface area (Å²) in [6.45, 7) is 2.84. The summed E-state index contributed by atoms with van der Waals surface area (Å²) in [5.74, 6) is -0.262. The fourth-order valence-electron chi connectivity index (χ4n) is 1.22. The van der Waals surface area contributed by atoms with Crippen LogP contribution < -0.4 is 0 Å². The third-order valence-corrected chi connectivity index (χ3v) is 2.32. The average Bonchev–Trinajstić information content (AvgIpc) is 2.14. The molecule has 0 bridgehead atoms. The van der Waals surface area contributed by atoms with Crippen molar-refractivity contribution in [1.29, 1.82) is 0 Å². The van der Waals surface area contributed by atoms with Gasteiger partial charge in [0, 0.05) is 11.6 Å². The summed E-state index contributed by atoms with van der Waals surface area (Å²) in [6, 6.07) is 4.72. The highest BCUT2D eigenvalue weighted by atomic mass is 79.9. The minimum absolute atomic E-state index is 0.0112. The molecule has 0 amide bonds. The molecule has 0 N–H and O–H groups in total. The molecule has 0 aliphatic rings. The Morgan fingerprint density at radius 1 is 1.40 bits per heavy atom. The summed E-state index contributed by atoms with van der Waals surface area (Å²) >= 11 is 3.23.